The molecule has 0 N–H and O–H groups in total. The number of rotatable bonds is 8. The van der Waals surface area contributed by atoms with E-state index in [9.17, 15) is 60.7 Å². The zero-order valence-electron chi connectivity index (χ0n) is 15.6. The summed E-state index contributed by atoms with van der Waals surface area (Å²) in [6.07, 6.45) is 0. The van der Waals surface area contributed by atoms with Gasteiger partial charge in [-0.15, -0.1) is 20.4 Å². The minimum Gasteiger partial charge on any atom is -0.252 e. The lowest BCUT2D eigenvalue weighted by atomic mass is 10.3. The predicted molar refractivity (Wildman–Crippen MR) is 90.2 cm³/mol. The molecular formula is C8N14O13. The molecule has 0 saturated carbocycles. The summed E-state index contributed by atoms with van der Waals surface area (Å²) in [5.41, 5.74) is -3.85. The molecule has 27 heteroatoms. The zero-order chi connectivity index (χ0) is 26.0. The van der Waals surface area contributed by atoms with E-state index in [0.29, 0.717) is 0 Å². The summed E-state index contributed by atoms with van der Waals surface area (Å²) in [5, 5.41) is 87.9. The van der Waals surface area contributed by atoms with Crippen molar-refractivity contribution < 1.29 is 34.2 Å². The Kier molecular flexibility index (Phi) is 4.19. The van der Waals surface area contributed by atoms with Crippen molar-refractivity contribution in [2.45, 2.75) is 11.6 Å². The third-order valence-electron chi connectivity index (χ3n) is 4.53. The second-order valence-corrected chi connectivity index (χ2v) is 6.09. The second kappa shape index (κ2) is 6.66. The third kappa shape index (κ3) is 2.30. The lowest BCUT2D eigenvalue weighted by Gasteiger charge is -2.08. The van der Waals surface area contributed by atoms with Gasteiger partial charge in [0.05, 0.1) is 0 Å². The molecule has 0 spiro atoms. The van der Waals surface area contributed by atoms with E-state index in [-0.39, 0.29) is 8.80 Å². The quantitative estimate of drug-likeness (QED) is 0.134. The van der Waals surface area contributed by atoms with Gasteiger partial charge < -0.3 is 0 Å². The van der Waals surface area contributed by atoms with Crippen LogP contribution in [0.3, 0.4) is 0 Å². The molecule has 0 fully saturated rings. The van der Waals surface area contributed by atoms with Gasteiger partial charge in [0, 0.05) is 0 Å². The van der Waals surface area contributed by atoms with E-state index in [1.165, 1.54) is 0 Å². The molecule has 0 aromatic carbocycles. The van der Waals surface area contributed by atoms with Crippen LogP contribution in [-0.4, -0.2) is 69.0 Å². The van der Waals surface area contributed by atoms with Gasteiger partial charge in [-0.3, -0.25) is 60.7 Å². The van der Waals surface area contributed by atoms with Crippen molar-refractivity contribution in [3.8, 4) is 0 Å². The van der Waals surface area contributed by atoms with E-state index in [1.54, 1.807) is 0 Å². The molecule has 35 heavy (non-hydrogen) atoms. The molecule has 0 unspecified atom stereocenters. The monoisotopic (exact) mass is 500 g/mol. The minimum atomic E-state index is -4.39. The maximum absolute atomic E-state index is 11.5. The summed E-state index contributed by atoms with van der Waals surface area (Å²) in [6, 6.07) is 0. The lowest BCUT2D eigenvalue weighted by molar-refractivity contribution is -0.987. The minimum absolute atomic E-state index is 0.181. The van der Waals surface area contributed by atoms with Crippen LogP contribution in [0.1, 0.15) is 11.6 Å². The number of fused-ring (bicyclic) bond motifs is 6. The fraction of sp³-hybridized carbons (Fsp3) is 0.250. The van der Waals surface area contributed by atoms with Gasteiger partial charge in [-0.2, -0.15) is 0 Å². The first-order valence-electron chi connectivity index (χ1n) is 7.98. The Bertz CT molecular complexity index is 1430. The second-order valence-electron chi connectivity index (χ2n) is 6.09. The average Bonchev–Trinajstić information content (AvgIpc) is 3.44. The first-order chi connectivity index (χ1) is 16.4. The molecule has 4 heterocycles. The molecule has 0 amide bonds. The molecule has 0 aliphatic heterocycles. The van der Waals surface area contributed by atoms with E-state index < -0.39 is 75.4 Å². The average molecular weight is 500 g/mol. The van der Waals surface area contributed by atoms with Crippen LogP contribution in [0.2, 0.25) is 0 Å². The van der Waals surface area contributed by atoms with Crippen LogP contribution in [0.5, 0.6) is 0 Å². The molecule has 0 bridgehead atoms. The molecule has 0 radical (unpaired) electrons. The van der Waals surface area contributed by atoms with E-state index in [1.807, 2.05) is 0 Å². The van der Waals surface area contributed by atoms with Gasteiger partial charge in [0.25, 0.3) is 0 Å². The molecule has 0 saturated heterocycles. The van der Waals surface area contributed by atoms with Crippen LogP contribution in [0.15, 0.2) is 4.63 Å². The van der Waals surface area contributed by atoms with Crippen molar-refractivity contribution in [3.63, 3.8) is 0 Å². The van der Waals surface area contributed by atoms with E-state index >= 15 is 0 Å². The number of nitrogens with zero attached hydrogens (tertiary/aromatic N) is 14. The smallest absolute Gasteiger partial charge is 0.252 e. The molecule has 180 valence electrons. The van der Waals surface area contributed by atoms with Crippen LogP contribution in [0.25, 0.3) is 22.6 Å². The summed E-state index contributed by atoms with van der Waals surface area (Å²) in [4.78, 5) is 57.2. The first kappa shape index (κ1) is 22.0. The highest BCUT2D eigenvalue weighted by atomic mass is 16.7. The topological polar surface area (TPSA) is 358 Å². The Morgan fingerprint density at radius 3 is 1.06 bits per heavy atom. The fourth-order valence-corrected chi connectivity index (χ4v) is 3.04. The molecule has 27 nitrogen and oxygen atoms in total. The predicted octanol–water partition coefficient (Wildman–Crippen LogP) is -2.81. The fourth-order valence-electron chi connectivity index (χ4n) is 3.04. The van der Waals surface area contributed by atoms with Gasteiger partial charge in [0.1, 0.15) is 0 Å². The van der Waals surface area contributed by atoms with Crippen molar-refractivity contribution in [3.05, 3.63) is 72.3 Å². The van der Waals surface area contributed by atoms with Crippen LogP contribution < -0.4 is 0 Å². The highest BCUT2D eigenvalue weighted by Crippen LogP contribution is 2.32. The largest absolute Gasteiger partial charge is 0.763 e. The first-order valence-corrected chi connectivity index (χ1v) is 7.98. The van der Waals surface area contributed by atoms with Crippen LogP contribution in [0.4, 0.5) is 0 Å². The Morgan fingerprint density at radius 2 is 0.800 bits per heavy atom. The number of aromatic nitrogens is 8. The standard InChI is InChI=1S/C8N14O13/c23-17(24)7(18(25)26,19(27)28)5-11-9-1-2-10-12-6(8(20(29)30,21(31)32)22(33)34)16(2)4-3(15(1)5)13-35-14-4. The van der Waals surface area contributed by atoms with E-state index in [2.05, 4.69) is 35.3 Å². The lowest BCUT2D eigenvalue weighted by Crippen LogP contribution is -2.51. The molecule has 4 rings (SSSR count). The Hall–Kier alpha value is -6.18. The summed E-state index contributed by atoms with van der Waals surface area (Å²) >= 11 is 0. The van der Waals surface area contributed by atoms with E-state index in [4.69, 9.17) is 0 Å². The Morgan fingerprint density at radius 1 is 0.514 bits per heavy atom. The number of nitro groups is 6. The van der Waals surface area contributed by atoms with Crippen molar-refractivity contribution in [1.82, 2.24) is 39.5 Å². The van der Waals surface area contributed by atoms with Gasteiger partial charge in [-0.1, -0.05) is 0 Å². The van der Waals surface area contributed by atoms with Crippen LogP contribution in [-0.2, 0) is 11.6 Å². The molecular weight excluding hydrogens is 500 g/mol. The number of hydrogen-bond acceptors (Lipinski definition) is 19. The zero-order valence-corrected chi connectivity index (χ0v) is 15.6. The van der Waals surface area contributed by atoms with Gasteiger partial charge in [-0.05, 0) is 10.3 Å². The maximum atomic E-state index is 11.5. The normalized spacial score (nSPS) is 12.2. The number of hydrogen-bond donors (Lipinski definition) is 0. The molecule has 0 aliphatic rings. The van der Waals surface area contributed by atoms with Gasteiger partial charge in [0.2, 0.25) is 22.6 Å². The highest BCUT2D eigenvalue weighted by molar-refractivity contribution is 5.80. The van der Waals surface area contributed by atoms with Crippen LogP contribution in [0, 0.1) is 60.7 Å². The molecule has 4 aromatic heterocycles. The van der Waals surface area contributed by atoms with Crippen molar-refractivity contribution in [2.75, 3.05) is 0 Å². The van der Waals surface area contributed by atoms with E-state index in [0.717, 1.165) is 0 Å². The molecule has 4 aromatic rings. The summed E-state index contributed by atoms with van der Waals surface area (Å²) in [5.74, 6) is -12.0. The summed E-state index contributed by atoms with van der Waals surface area (Å²) < 4.78 is 4.71. The Balaban J connectivity index is 2.26. The van der Waals surface area contributed by atoms with Crippen molar-refractivity contribution in [2.24, 2.45) is 0 Å². The third-order valence-corrected chi connectivity index (χ3v) is 4.53. The van der Waals surface area contributed by atoms with Gasteiger partial charge in [-0.25, -0.2) is 13.4 Å². The Labute approximate surface area is 181 Å². The summed E-state index contributed by atoms with van der Waals surface area (Å²) in [7, 11) is 0. The SMILES string of the molecule is O=[N+]([O-])C(c1nnc2c3nnc(C([N+](=O)[O-])([N+](=O)[O-])[N+](=O)[O-])n3c3nonc3n12)([N+](=O)[O-])[N+](=O)[O-]. The van der Waals surface area contributed by atoms with Gasteiger partial charge >= 0.3 is 23.2 Å². The molecule has 0 aliphatic carbocycles. The van der Waals surface area contributed by atoms with Crippen molar-refractivity contribution >= 4 is 22.6 Å². The summed E-state index contributed by atoms with van der Waals surface area (Å²) in [6.45, 7) is 0. The maximum Gasteiger partial charge on any atom is 0.763 e. The van der Waals surface area contributed by atoms with Gasteiger partial charge in [0.15, 0.2) is 29.5 Å². The van der Waals surface area contributed by atoms with Crippen LogP contribution >= 0.6 is 0 Å². The molecule has 0 atom stereocenters. The van der Waals surface area contributed by atoms with Crippen molar-refractivity contribution in [1.29, 1.82) is 0 Å². The highest BCUT2D eigenvalue weighted by Gasteiger charge is 2.78.